The van der Waals surface area contributed by atoms with Crippen LogP contribution >= 0.6 is 0 Å². The summed E-state index contributed by atoms with van der Waals surface area (Å²) in [5.41, 5.74) is 9.46. The molecule has 2 saturated heterocycles. The van der Waals surface area contributed by atoms with Crippen LogP contribution in [-0.4, -0.2) is 89.0 Å². The number of nitrogens with two attached hydrogens (primary N) is 1. The molecule has 0 aliphatic carbocycles. The van der Waals surface area contributed by atoms with Crippen LogP contribution in [-0.2, 0) is 19.1 Å². The van der Waals surface area contributed by atoms with Crippen LogP contribution in [0.2, 0.25) is 0 Å². The summed E-state index contributed by atoms with van der Waals surface area (Å²) in [4.78, 5) is 66.8. The normalized spacial score (nSPS) is 18.3. The minimum Gasteiger partial charge on any atom is -0.453 e. The summed E-state index contributed by atoms with van der Waals surface area (Å²) in [5, 5.41) is 5.31. The number of hydrogen-bond acceptors (Lipinski definition) is 8. The fourth-order valence-electron chi connectivity index (χ4n) is 6.56. The third kappa shape index (κ3) is 9.42. The average Bonchev–Trinajstić information content (AvgIpc) is 3.97. The van der Waals surface area contributed by atoms with Crippen LogP contribution in [0, 0.1) is 17.8 Å². The predicted molar refractivity (Wildman–Crippen MR) is 199 cm³/mol. The van der Waals surface area contributed by atoms with Crippen LogP contribution in [0.4, 0.5) is 9.59 Å². The lowest BCUT2D eigenvalue weighted by molar-refractivity contribution is -0.135. The number of nitrogens with zero attached hydrogens (tertiary/aromatic N) is 4. The molecule has 3 aromatic rings. The van der Waals surface area contributed by atoms with Crippen molar-refractivity contribution in [2.75, 3.05) is 27.3 Å². The number of likely N-dealkylation sites (tertiary alicyclic amines) is 2. The van der Waals surface area contributed by atoms with Crippen LogP contribution in [0.3, 0.4) is 0 Å². The summed E-state index contributed by atoms with van der Waals surface area (Å²) >= 11 is 0. The topological polar surface area (TPSA) is 184 Å². The Morgan fingerprint density at radius 3 is 2.32 bits per heavy atom. The van der Waals surface area contributed by atoms with Gasteiger partial charge in [0.25, 0.3) is 5.91 Å². The third-order valence-electron chi connectivity index (χ3n) is 9.34. The lowest BCUT2D eigenvalue weighted by Crippen LogP contribution is -2.54. The fourth-order valence-corrected chi connectivity index (χ4v) is 6.56. The zero-order valence-corrected chi connectivity index (χ0v) is 30.4. The minimum atomic E-state index is -0.888. The minimum absolute atomic E-state index is 0.139. The number of amidine groups is 1. The Kier molecular flexibility index (Phi) is 12.9. The maximum absolute atomic E-state index is 13.8. The zero-order chi connectivity index (χ0) is 37.9. The van der Waals surface area contributed by atoms with Gasteiger partial charge in [-0.2, -0.15) is 0 Å². The molecule has 2 fully saturated rings. The van der Waals surface area contributed by atoms with E-state index in [1.165, 1.54) is 20.4 Å². The van der Waals surface area contributed by atoms with Crippen molar-refractivity contribution in [2.24, 2.45) is 16.6 Å². The number of benzene rings is 2. The van der Waals surface area contributed by atoms with E-state index in [0.717, 1.165) is 36.1 Å². The highest BCUT2D eigenvalue weighted by Gasteiger charge is 2.38. The summed E-state index contributed by atoms with van der Waals surface area (Å²) < 4.78 is 9.48. The molecule has 3 heterocycles. The molecule has 0 unspecified atom stereocenters. The highest BCUT2D eigenvalue weighted by atomic mass is 16.5. The Morgan fingerprint density at radius 1 is 0.943 bits per heavy atom. The van der Waals surface area contributed by atoms with Crippen molar-refractivity contribution >= 4 is 29.8 Å². The van der Waals surface area contributed by atoms with Gasteiger partial charge in [-0.05, 0) is 54.9 Å². The Labute approximate surface area is 309 Å². The van der Waals surface area contributed by atoms with E-state index in [9.17, 15) is 19.2 Å². The van der Waals surface area contributed by atoms with Crippen molar-refractivity contribution in [1.82, 2.24) is 30.4 Å². The molecule has 2 aromatic carbocycles. The first kappa shape index (κ1) is 38.1. The van der Waals surface area contributed by atoms with E-state index in [4.69, 9.17) is 15.2 Å². The molecule has 5 rings (SSSR count). The van der Waals surface area contributed by atoms with Gasteiger partial charge in [0.15, 0.2) is 0 Å². The first-order chi connectivity index (χ1) is 25.6. The zero-order valence-electron chi connectivity index (χ0n) is 30.4. The molecule has 4 atom stereocenters. The number of H-pyrrole nitrogens is 1. The van der Waals surface area contributed by atoms with Crippen LogP contribution in [0.15, 0.2) is 78.1 Å². The molecule has 14 heteroatoms. The molecule has 0 radical (unpaired) electrons. The smallest absolute Gasteiger partial charge is 0.407 e. The Hall–Kier alpha value is -6.10. The Morgan fingerprint density at radius 2 is 1.62 bits per heavy atom. The molecule has 53 heavy (non-hydrogen) atoms. The number of alkyl carbamates (subject to hydrolysis) is 2. The van der Waals surface area contributed by atoms with Crippen molar-refractivity contribution in [2.45, 2.75) is 63.7 Å². The van der Waals surface area contributed by atoms with Crippen LogP contribution in [0.25, 0.3) is 11.3 Å². The van der Waals surface area contributed by atoms with E-state index >= 15 is 0 Å². The highest BCUT2D eigenvalue weighted by molar-refractivity contribution is 5.94. The molecule has 0 spiro atoms. The summed E-state index contributed by atoms with van der Waals surface area (Å²) in [6.45, 7) is 4.78. The monoisotopic (exact) mass is 722 g/mol. The second kappa shape index (κ2) is 17.9. The second-order valence-electron chi connectivity index (χ2n) is 13.1. The van der Waals surface area contributed by atoms with E-state index in [2.05, 4.69) is 37.4 Å². The molecular formula is C39H46N8O6. The molecule has 5 N–H and O–H groups in total. The van der Waals surface area contributed by atoms with Gasteiger partial charge in [-0.15, -0.1) is 0 Å². The lowest BCUT2D eigenvalue weighted by atomic mass is 10.0. The fraction of sp³-hybridized carbons (Fsp3) is 0.385. The quantitative estimate of drug-likeness (QED) is 0.135. The van der Waals surface area contributed by atoms with Crippen molar-refractivity contribution in [3.8, 4) is 23.1 Å². The molecule has 0 saturated carbocycles. The molecule has 4 amide bonds. The highest BCUT2D eigenvalue weighted by Crippen LogP contribution is 2.34. The van der Waals surface area contributed by atoms with Crippen molar-refractivity contribution < 1.29 is 28.7 Å². The van der Waals surface area contributed by atoms with E-state index in [1.54, 1.807) is 34.2 Å². The number of imidazole rings is 1. The Balaban J connectivity index is 1.20. The maximum atomic E-state index is 13.8. The SMILES string of the molecule is COC(=O)N[C@H](C(=O)N1CCC[C@H]1C(N)=N/C=C/C#Cc1ccc(-c2cnc([C@@H]3CCCN3C(=O)[C@H](NC(=O)OC)c3ccccc3)[nH]2)cc1)C(C)C. The number of aromatic nitrogens is 2. The largest absolute Gasteiger partial charge is 0.453 e. The summed E-state index contributed by atoms with van der Waals surface area (Å²) in [7, 11) is 2.53. The molecular weight excluding hydrogens is 676 g/mol. The number of methoxy groups -OCH3 is 2. The average molecular weight is 723 g/mol. The van der Waals surface area contributed by atoms with Crippen LogP contribution < -0.4 is 16.4 Å². The second-order valence-corrected chi connectivity index (χ2v) is 13.1. The van der Waals surface area contributed by atoms with Gasteiger partial charge < -0.3 is 40.6 Å². The number of carbonyl (C=O) groups excluding carboxylic acids is 4. The number of nitrogens with one attached hydrogen (secondary N) is 3. The van der Waals surface area contributed by atoms with Crippen molar-refractivity contribution in [3.63, 3.8) is 0 Å². The maximum Gasteiger partial charge on any atom is 0.407 e. The summed E-state index contributed by atoms with van der Waals surface area (Å²) in [5.74, 6) is 6.44. The summed E-state index contributed by atoms with van der Waals surface area (Å²) in [6, 6.07) is 14.5. The van der Waals surface area contributed by atoms with Crippen LogP contribution in [0.5, 0.6) is 0 Å². The lowest BCUT2D eigenvalue weighted by Gasteiger charge is -2.30. The standard InChI is InChI=1S/C39H46N8O6/c1-25(2)32(44-38(50)52-3)36(48)46-22-10-15-30(46)34(40)41-21-9-8-12-26-17-19-27(20-18-26)29-24-42-35(43-29)31-16-11-23-47(31)37(49)33(45-39(51)53-4)28-13-6-5-7-14-28/h5-7,9,13-14,17-21,24-25,30-33H,10-11,15-16,22-23H2,1-4H3,(H2,40,41)(H,42,43)(H,44,50)(H,45,51)/b21-9+/t30-,31-,32-,33+/m0/s1. The molecule has 278 valence electrons. The predicted octanol–water partition coefficient (Wildman–Crippen LogP) is 4.43. The van der Waals surface area contributed by atoms with E-state index in [0.29, 0.717) is 36.7 Å². The number of aliphatic imine (C=N–C) groups is 1. The number of allylic oxidation sites excluding steroid dienone is 1. The number of ether oxygens (including phenoxy) is 2. The number of rotatable bonds is 10. The first-order valence-electron chi connectivity index (χ1n) is 17.6. The summed E-state index contributed by atoms with van der Waals surface area (Å²) in [6.07, 6.45) is 6.51. The van der Waals surface area contributed by atoms with Gasteiger partial charge in [0, 0.05) is 30.9 Å². The number of carbonyl (C=O) groups is 4. The molecule has 2 aliphatic rings. The van der Waals surface area contributed by atoms with Crippen LogP contribution in [0.1, 0.15) is 68.6 Å². The van der Waals surface area contributed by atoms with Gasteiger partial charge in [-0.3, -0.25) is 9.59 Å². The molecule has 0 bridgehead atoms. The van der Waals surface area contributed by atoms with Gasteiger partial charge >= 0.3 is 12.2 Å². The van der Waals surface area contributed by atoms with E-state index in [1.807, 2.05) is 56.3 Å². The number of aromatic amines is 1. The Bertz CT molecular complexity index is 1880. The van der Waals surface area contributed by atoms with E-state index in [-0.39, 0.29) is 29.8 Å². The van der Waals surface area contributed by atoms with Gasteiger partial charge in [0.05, 0.1) is 38.2 Å². The van der Waals surface area contributed by atoms with Gasteiger partial charge in [0.1, 0.15) is 23.7 Å². The van der Waals surface area contributed by atoms with Gasteiger partial charge in [0.2, 0.25) is 5.91 Å². The van der Waals surface area contributed by atoms with Gasteiger partial charge in [-0.1, -0.05) is 68.2 Å². The van der Waals surface area contributed by atoms with Gasteiger partial charge in [-0.25, -0.2) is 19.6 Å². The van der Waals surface area contributed by atoms with Crippen molar-refractivity contribution in [3.05, 3.63) is 90.0 Å². The molecule has 1 aromatic heterocycles. The van der Waals surface area contributed by atoms with E-state index < -0.39 is 24.3 Å². The van der Waals surface area contributed by atoms with Crippen molar-refractivity contribution in [1.29, 1.82) is 0 Å². The first-order valence-corrected chi connectivity index (χ1v) is 17.6. The third-order valence-corrected chi connectivity index (χ3v) is 9.34. The molecule has 14 nitrogen and oxygen atoms in total. The number of amides is 4. The molecule has 2 aliphatic heterocycles. The number of hydrogen-bond donors (Lipinski definition) is 4.